The highest BCUT2D eigenvalue weighted by atomic mass is 35.5. The zero-order chi connectivity index (χ0) is 25.8. The van der Waals surface area contributed by atoms with Crippen molar-refractivity contribution in [2.24, 2.45) is 0 Å². The van der Waals surface area contributed by atoms with E-state index in [9.17, 15) is 19.7 Å². The average molecular weight is 512 g/mol. The summed E-state index contributed by atoms with van der Waals surface area (Å²) in [6, 6.07) is 11.9. The minimum absolute atomic E-state index is 0.156. The lowest BCUT2D eigenvalue weighted by molar-refractivity contribution is -0.384. The van der Waals surface area contributed by atoms with Crippen LogP contribution in [-0.4, -0.2) is 55.8 Å². The molecule has 0 radical (unpaired) electrons. The average Bonchev–Trinajstić information content (AvgIpc) is 3.37. The second kappa shape index (κ2) is 10.9. The Kier molecular flexibility index (Phi) is 7.64. The highest BCUT2D eigenvalue weighted by molar-refractivity contribution is 6.30. The summed E-state index contributed by atoms with van der Waals surface area (Å²) in [7, 11) is 0. The van der Waals surface area contributed by atoms with Crippen LogP contribution in [0, 0.1) is 10.1 Å². The molecule has 0 spiro atoms. The molecule has 1 fully saturated rings. The van der Waals surface area contributed by atoms with Gasteiger partial charge < -0.3 is 14.3 Å². The number of carbonyl (C=O) groups excluding carboxylic acids is 2. The topological polar surface area (TPSA) is 123 Å². The van der Waals surface area contributed by atoms with Crippen LogP contribution >= 0.6 is 11.6 Å². The summed E-state index contributed by atoms with van der Waals surface area (Å²) >= 11 is 6.08. The van der Waals surface area contributed by atoms with E-state index in [0.717, 1.165) is 12.8 Å². The minimum atomic E-state index is -0.554. The van der Waals surface area contributed by atoms with E-state index >= 15 is 0 Å². The van der Waals surface area contributed by atoms with Gasteiger partial charge in [-0.25, -0.2) is 0 Å². The van der Waals surface area contributed by atoms with Crippen LogP contribution in [0.4, 0.5) is 5.69 Å². The maximum absolute atomic E-state index is 13.4. The molecule has 2 amide bonds. The molecule has 2 heterocycles. The van der Waals surface area contributed by atoms with Gasteiger partial charge in [0.2, 0.25) is 17.6 Å². The molecule has 1 saturated heterocycles. The molecule has 1 atom stereocenters. The Hall–Kier alpha value is -3.79. The molecule has 0 bridgehead atoms. The molecule has 1 unspecified atom stereocenters. The second-order valence-corrected chi connectivity index (χ2v) is 9.34. The fourth-order valence-corrected chi connectivity index (χ4v) is 4.44. The standard InChI is InChI=1S/C25H26ClN5O5/c1-16(2)30(25(33)18-8-6-10-20(14-18)31(34)35)15-22(32)29-12-4-3-11-21(29)24-27-23(28-36-24)17-7-5-9-19(26)13-17/h5-10,13-14,16,21H,3-4,11-12,15H2,1-2H3. The summed E-state index contributed by atoms with van der Waals surface area (Å²) in [5.74, 6) is 0.0144. The van der Waals surface area contributed by atoms with Crippen molar-refractivity contribution in [2.75, 3.05) is 13.1 Å². The highest BCUT2D eigenvalue weighted by Crippen LogP contribution is 2.32. The largest absolute Gasteiger partial charge is 0.337 e. The Morgan fingerprint density at radius 3 is 2.72 bits per heavy atom. The molecule has 0 N–H and O–H groups in total. The molecule has 1 aromatic heterocycles. The van der Waals surface area contributed by atoms with Crippen molar-refractivity contribution in [1.82, 2.24) is 19.9 Å². The van der Waals surface area contributed by atoms with Crippen LogP contribution in [0.5, 0.6) is 0 Å². The van der Waals surface area contributed by atoms with Gasteiger partial charge in [-0.05, 0) is 51.3 Å². The molecule has 1 aliphatic heterocycles. The van der Waals surface area contributed by atoms with E-state index in [1.165, 1.54) is 29.2 Å². The van der Waals surface area contributed by atoms with Gasteiger partial charge in [-0.3, -0.25) is 19.7 Å². The van der Waals surface area contributed by atoms with E-state index < -0.39 is 16.9 Å². The first kappa shape index (κ1) is 25.3. The number of carbonyl (C=O) groups is 2. The van der Waals surface area contributed by atoms with Gasteiger partial charge in [0.1, 0.15) is 12.6 Å². The molecule has 0 aliphatic carbocycles. The van der Waals surface area contributed by atoms with Gasteiger partial charge >= 0.3 is 0 Å². The summed E-state index contributed by atoms with van der Waals surface area (Å²) in [5, 5.41) is 15.8. The van der Waals surface area contributed by atoms with Gasteiger partial charge in [-0.1, -0.05) is 35.0 Å². The summed E-state index contributed by atoms with van der Waals surface area (Å²) < 4.78 is 5.54. The van der Waals surface area contributed by atoms with Crippen LogP contribution in [0.1, 0.15) is 55.4 Å². The van der Waals surface area contributed by atoms with Crippen molar-refractivity contribution in [2.45, 2.75) is 45.2 Å². The molecule has 11 heteroatoms. The van der Waals surface area contributed by atoms with E-state index in [-0.39, 0.29) is 29.7 Å². The third-order valence-corrected chi connectivity index (χ3v) is 6.36. The summed E-state index contributed by atoms with van der Waals surface area (Å²) in [4.78, 5) is 44.8. The number of amides is 2. The lowest BCUT2D eigenvalue weighted by Gasteiger charge is -2.36. The fourth-order valence-electron chi connectivity index (χ4n) is 4.25. The zero-order valence-corrected chi connectivity index (χ0v) is 20.7. The van der Waals surface area contributed by atoms with Gasteiger partial charge in [-0.2, -0.15) is 4.98 Å². The fraction of sp³-hybridized carbons (Fsp3) is 0.360. The number of nitrogens with zero attached hydrogens (tertiary/aromatic N) is 5. The van der Waals surface area contributed by atoms with Gasteiger partial charge in [0.25, 0.3) is 11.6 Å². The van der Waals surface area contributed by atoms with E-state index in [4.69, 9.17) is 16.1 Å². The van der Waals surface area contributed by atoms with Crippen molar-refractivity contribution in [3.8, 4) is 11.4 Å². The maximum atomic E-state index is 13.4. The lowest BCUT2D eigenvalue weighted by atomic mass is 10.0. The van der Waals surface area contributed by atoms with Crippen molar-refractivity contribution < 1.29 is 19.0 Å². The summed E-state index contributed by atoms with van der Waals surface area (Å²) in [6.45, 7) is 3.91. The number of likely N-dealkylation sites (tertiary alicyclic amines) is 1. The van der Waals surface area contributed by atoms with E-state index in [0.29, 0.717) is 35.3 Å². The molecular formula is C25H26ClN5O5. The Bertz CT molecular complexity index is 1280. The van der Waals surface area contributed by atoms with Crippen LogP contribution in [-0.2, 0) is 4.79 Å². The Morgan fingerprint density at radius 1 is 1.22 bits per heavy atom. The summed E-state index contributed by atoms with van der Waals surface area (Å²) in [6.07, 6.45) is 2.37. The van der Waals surface area contributed by atoms with Crippen molar-refractivity contribution in [3.63, 3.8) is 0 Å². The Morgan fingerprint density at radius 2 is 2.00 bits per heavy atom. The SMILES string of the molecule is CC(C)N(CC(=O)N1CCCCC1c1nc(-c2cccc(Cl)c2)no1)C(=O)c1cccc([N+](=O)[O-])c1. The van der Waals surface area contributed by atoms with Crippen LogP contribution < -0.4 is 0 Å². The van der Waals surface area contributed by atoms with Crippen LogP contribution in [0.15, 0.2) is 53.1 Å². The number of hydrogen-bond donors (Lipinski definition) is 0. The van der Waals surface area contributed by atoms with E-state index in [2.05, 4.69) is 10.1 Å². The van der Waals surface area contributed by atoms with Crippen molar-refractivity contribution in [3.05, 3.63) is 75.1 Å². The number of piperidine rings is 1. The van der Waals surface area contributed by atoms with Crippen LogP contribution in [0.3, 0.4) is 0 Å². The monoisotopic (exact) mass is 511 g/mol. The molecule has 4 rings (SSSR count). The number of rotatable bonds is 7. The maximum Gasteiger partial charge on any atom is 0.270 e. The van der Waals surface area contributed by atoms with Crippen LogP contribution in [0.25, 0.3) is 11.4 Å². The first-order chi connectivity index (χ1) is 17.2. The van der Waals surface area contributed by atoms with Gasteiger partial charge in [0.05, 0.1) is 4.92 Å². The van der Waals surface area contributed by atoms with Crippen molar-refractivity contribution in [1.29, 1.82) is 0 Å². The number of halogens is 1. The Labute approximate surface area is 213 Å². The molecular weight excluding hydrogens is 486 g/mol. The molecule has 36 heavy (non-hydrogen) atoms. The quantitative estimate of drug-likeness (QED) is 0.326. The van der Waals surface area contributed by atoms with Gasteiger partial charge in [-0.15, -0.1) is 0 Å². The van der Waals surface area contributed by atoms with Gasteiger partial charge in [0.15, 0.2) is 0 Å². The number of nitro groups is 1. The molecule has 3 aromatic rings. The minimum Gasteiger partial charge on any atom is -0.337 e. The predicted octanol–water partition coefficient (Wildman–Crippen LogP) is 4.90. The number of nitro benzene ring substituents is 1. The van der Waals surface area contributed by atoms with E-state index in [1.54, 1.807) is 36.9 Å². The Balaban J connectivity index is 1.54. The predicted molar refractivity (Wildman–Crippen MR) is 132 cm³/mol. The zero-order valence-electron chi connectivity index (χ0n) is 20.0. The number of hydrogen-bond acceptors (Lipinski definition) is 7. The first-order valence-electron chi connectivity index (χ1n) is 11.7. The summed E-state index contributed by atoms with van der Waals surface area (Å²) in [5.41, 5.74) is 0.683. The molecule has 10 nitrogen and oxygen atoms in total. The third kappa shape index (κ3) is 5.54. The lowest BCUT2D eigenvalue weighted by Crippen LogP contribution is -2.48. The normalized spacial score (nSPS) is 15.7. The second-order valence-electron chi connectivity index (χ2n) is 8.90. The molecule has 1 aliphatic rings. The highest BCUT2D eigenvalue weighted by Gasteiger charge is 2.34. The molecule has 2 aromatic carbocycles. The first-order valence-corrected chi connectivity index (χ1v) is 12.1. The van der Waals surface area contributed by atoms with E-state index in [1.807, 2.05) is 6.07 Å². The number of non-ortho nitro benzene ring substituents is 1. The smallest absolute Gasteiger partial charge is 0.270 e. The van der Waals surface area contributed by atoms with Crippen molar-refractivity contribution >= 4 is 29.1 Å². The third-order valence-electron chi connectivity index (χ3n) is 6.13. The molecule has 188 valence electrons. The van der Waals surface area contributed by atoms with Crippen LogP contribution in [0.2, 0.25) is 5.02 Å². The van der Waals surface area contributed by atoms with Gasteiger partial charge in [0, 0.05) is 40.9 Å². The number of benzene rings is 2. The number of aromatic nitrogens is 2. The molecule has 0 saturated carbocycles.